The van der Waals surface area contributed by atoms with E-state index in [1.807, 2.05) is 0 Å². The van der Waals surface area contributed by atoms with E-state index in [1.54, 1.807) is 0 Å². The van der Waals surface area contributed by atoms with E-state index < -0.39 is 17.9 Å². The summed E-state index contributed by atoms with van der Waals surface area (Å²) in [6.07, 6.45) is 0. The van der Waals surface area contributed by atoms with Crippen LogP contribution in [0.1, 0.15) is 0 Å². The largest absolute Gasteiger partial charge is 0.467 e. The molecule has 0 aromatic rings. The molecule has 1 rings (SSSR count). The van der Waals surface area contributed by atoms with Gasteiger partial charge in [0, 0.05) is 14.1 Å². The molecule has 14 heavy (non-hydrogen) atoms. The summed E-state index contributed by atoms with van der Waals surface area (Å²) in [5.41, 5.74) is 0. The van der Waals surface area contributed by atoms with Gasteiger partial charge in [-0.15, -0.1) is 0 Å². The van der Waals surface area contributed by atoms with Crippen molar-refractivity contribution >= 4 is 17.8 Å². The third kappa shape index (κ3) is 1.55. The van der Waals surface area contributed by atoms with E-state index in [0.29, 0.717) is 0 Å². The molecule has 0 unspecified atom stereocenters. The Bertz CT molecular complexity index is 289. The van der Waals surface area contributed by atoms with Crippen molar-refractivity contribution in [1.82, 2.24) is 9.80 Å². The van der Waals surface area contributed by atoms with Gasteiger partial charge in [0.2, 0.25) is 11.9 Å². The molecule has 0 spiro atoms. The maximum atomic E-state index is 11.5. The highest BCUT2D eigenvalue weighted by Crippen LogP contribution is 2.10. The predicted molar refractivity (Wildman–Crippen MR) is 46.2 cm³/mol. The highest BCUT2D eigenvalue weighted by Gasteiger charge is 2.41. The van der Waals surface area contributed by atoms with Crippen molar-refractivity contribution in [3.05, 3.63) is 0 Å². The van der Waals surface area contributed by atoms with Crippen molar-refractivity contribution in [2.45, 2.75) is 6.04 Å². The average molecular weight is 200 g/mol. The maximum Gasteiger partial charge on any atom is 0.338 e. The highest BCUT2D eigenvalue weighted by atomic mass is 16.5. The molecule has 1 fully saturated rings. The van der Waals surface area contributed by atoms with Gasteiger partial charge in [0.1, 0.15) is 0 Å². The monoisotopic (exact) mass is 200 g/mol. The molecule has 0 aromatic carbocycles. The summed E-state index contributed by atoms with van der Waals surface area (Å²) in [7, 11) is 4.07. The van der Waals surface area contributed by atoms with Gasteiger partial charge in [-0.2, -0.15) is 0 Å². The van der Waals surface area contributed by atoms with Gasteiger partial charge in [-0.3, -0.25) is 9.59 Å². The quantitative estimate of drug-likeness (QED) is 0.380. The minimum absolute atomic E-state index is 0.00281. The number of rotatable bonds is 1. The second-order valence-electron chi connectivity index (χ2n) is 3.12. The lowest BCUT2D eigenvalue weighted by Gasteiger charge is -2.34. The summed E-state index contributed by atoms with van der Waals surface area (Å²) >= 11 is 0. The standard InChI is InChI=1S/C8H12N2O4/c1-9-4-5(11)10(2)6(7(9)12)8(13)14-3/h6H,4H2,1-3H3/t6-/m0/s1. The number of hydrogen-bond acceptors (Lipinski definition) is 4. The van der Waals surface area contributed by atoms with Crippen molar-refractivity contribution in [3.8, 4) is 0 Å². The molecular formula is C8H12N2O4. The first-order valence-corrected chi connectivity index (χ1v) is 4.07. The van der Waals surface area contributed by atoms with Crippen LogP contribution in [0.5, 0.6) is 0 Å². The minimum atomic E-state index is -1.13. The van der Waals surface area contributed by atoms with Gasteiger partial charge in [0.05, 0.1) is 13.7 Å². The molecule has 1 heterocycles. The Labute approximate surface area is 81.4 Å². The zero-order chi connectivity index (χ0) is 10.9. The molecule has 6 heteroatoms. The van der Waals surface area contributed by atoms with Gasteiger partial charge in [0.15, 0.2) is 0 Å². The molecular weight excluding hydrogens is 188 g/mol. The van der Waals surface area contributed by atoms with Crippen LogP contribution in [0.15, 0.2) is 0 Å². The molecule has 0 N–H and O–H groups in total. The Kier molecular flexibility index (Phi) is 2.73. The number of hydrogen-bond donors (Lipinski definition) is 0. The Morgan fingerprint density at radius 3 is 2.50 bits per heavy atom. The third-order valence-corrected chi connectivity index (χ3v) is 2.19. The highest BCUT2D eigenvalue weighted by molar-refractivity contribution is 6.07. The second-order valence-corrected chi connectivity index (χ2v) is 3.12. The first-order chi connectivity index (χ1) is 6.49. The Hall–Kier alpha value is -1.59. The lowest BCUT2D eigenvalue weighted by atomic mass is 10.1. The SMILES string of the molecule is COC(=O)[C@@H]1C(=O)N(C)CC(=O)N1C. The molecule has 2 amide bonds. The number of carbonyl (C=O) groups is 3. The number of likely N-dealkylation sites (N-methyl/N-ethyl adjacent to an activating group) is 2. The van der Waals surface area contributed by atoms with Crippen molar-refractivity contribution in [2.75, 3.05) is 27.7 Å². The van der Waals surface area contributed by atoms with Crippen molar-refractivity contribution in [2.24, 2.45) is 0 Å². The van der Waals surface area contributed by atoms with E-state index in [2.05, 4.69) is 4.74 Å². The van der Waals surface area contributed by atoms with Gasteiger partial charge in [-0.25, -0.2) is 4.79 Å². The molecule has 0 aromatic heterocycles. The molecule has 0 aliphatic carbocycles. The summed E-state index contributed by atoms with van der Waals surface area (Å²) in [5, 5.41) is 0. The van der Waals surface area contributed by atoms with E-state index in [9.17, 15) is 14.4 Å². The second kappa shape index (κ2) is 3.65. The number of amides is 2. The number of esters is 1. The summed E-state index contributed by atoms with van der Waals surface area (Å²) in [5.74, 6) is -1.40. The molecule has 0 bridgehead atoms. The molecule has 1 aliphatic rings. The van der Waals surface area contributed by atoms with Crippen LogP contribution in [0, 0.1) is 0 Å². The molecule has 1 aliphatic heterocycles. The summed E-state index contributed by atoms with van der Waals surface area (Å²) in [6, 6.07) is -1.13. The number of carbonyl (C=O) groups excluding carboxylic acids is 3. The fourth-order valence-electron chi connectivity index (χ4n) is 1.28. The summed E-state index contributed by atoms with van der Waals surface area (Å²) in [4.78, 5) is 36.4. The molecule has 0 saturated carbocycles. The third-order valence-electron chi connectivity index (χ3n) is 2.19. The van der Waals surface area contributed by atoms with Gasteiger partial charge >= 0.3 is 5.97 Å². The van der Waals surface area contributed by atoms with Gasteiger partial charge in [0.25, 0.3) is 5.91 Å². The molecule has 6 nitrogen and oxygen atoms in total. The van der Waals surface area contributed by atoms with E-state index >= 15 is 0 Å². The van der Waals surface area contributed by atoms with Gasteiger partial charge < -0.3 is 14.5 Å². The number of nitrogens with zero attached hydrogens (tertiary/aromatic N) is 2. The zero-order valence-corrected chi connectivity index (χ0v) is 8.31. The van der Waals surface area contributed by atoms with E-state index in [4.69, 9.17) is 0 Å². The Morgan fingerprint density at radius 1 is 1.43 bits per heavy atom. The fourth-order valence-corrected chi connectivity index (χ4v) is 1.28. The van der Waals surface area contributed by atoms with E-state index in [-0.39, 0.29) is 12.5 Å². The van der Waals surface area contributed by atoms with Gasteiger partial charge in [-0.1, -0.05) is 0 Å². The van der Waals surface area contributed by atoms with Gasteiger partial charge in [-0.05, 0) is 0 Å². The first kappa shape index (κ1) is 10.5. The smallest absolute Gasteiger partial charge is 0.338 e. The average Bonchev–Trinajstić information content (AvgIpc) is 2.15. The lowest BCUT2D eigenvalue weighted by Crippen LogP contribution is -2.60. The van der Waals surface area contributed by atoms with E-state index in [0.717, 1.165) is 4.90 Å². The normalized spacial score (nSPS) is 22.6. The Morgan fingerprint density at radius 2 is 2.00 bits per heavy atom. The van der Waals surface area contributed by atoms with Crippen LogP contribution >= 0.6 is 0 Å². The Balaban J connectivity index is 2.93. The topological polar surface area (TPSA) is 66.9 Å². The molecule has 1 saturated heterocycles. The van der Waals surface area contributed by atoms with E-state index in [1.165, 1.54) is 26.1 Å². The maximum absolute atomic E-state index is 11.5. The van der Waals surface area contributed by atoms with Crippen LogP contribution in [0.4, 0.5) is 0 Å². The van der Waals surface area contributed by atoms with Crippen molar-refractivity contribution in [1.29, 1.82) is 0 Å². The van der Waals surface area contributed by atoms with Crippen LogP contribution in [0.25, 0.3) is 0 Å². The first-order valence-electron chi connectivity index (χ1n) is 4.07. The van der Waals surface area contributed by atoms with Crippen LogP contribution in [-0.2, 0) is 19.1 Å². The molecule has 1 atom stereocenters. The van der Waals surface area contributed by atoms with Crippen LogP contribution in [0.3, 0.4) is 0 Å². The van der Waals surface area contributed by atoms with Crippen LogP contribution in [-0.4, -0.2) is 61.4 Å². The number of methoxy groups -OCH3 is 1. The van der Waals surface area contributed by atoms with Crippen LogP contribution in [0.2, 0.25) is 0 Å². The summed E-state index contributed by atoms with van der Waals surface area (Å²) in [6.45, 7) is 0.00281. The fraction of sp³-hybridized carbons (Fsp3) is 0.625. The minimum Gasteiger partial charge on any atom is -0.467 e. The van der Waals surface area contributed by atoms with Crippen LogP contribution < -0.4 is 0 Å². The van der Waals surface area contributed by atoms with Crippen molar-refractivity contribution < 1.29 is 19.1 Å². The number of piperazine rings is 1. The predicted octanol–water partition coefficient (Wildman–Crippen LogP) is -1.54. The zero-order valence-electron chi connectivity index (χ0n) is 8.31. The number of ether oxygens (including phenoxy) is 1. The summed E-state index contributed by atoms with van der Waals surface area (Å²) < 4.78 is 4.45. The lowest BCUT2D eigenvalue weighted by molar-refractivity contribution is -0.164. The van der Waals surface area contributed by atoms with Crippen molar-refractivity contribution in [3.63, 3.8) is 0 Å². The molecule has 78 valence electrons. The molecule has 0 radical (unpaired) electrons.